The lowest BCUT2D eigenvalue weighted by Crippen LogP contribution is -2.36. The van der Waals surface area contributed by atoms with Gasteiger partial charge in [0.25, 0.3) is 0 Å². The van der Waals surface area contributed by atoms with E-state index in [4.69, 9.17) is 9.84 Å². The Morgan fingerprint density at radius 1 is 1.21 bits per heavy atom. The number of amides is 1. The van der Waals surface area contributed by atoms with Gasteiger partial charge in [0.1, 0.15) is 6.10 Å². The van der Waals surface area contributed by atoms with Crippen LogP contribution in [0, 0.1) is 0 Å². The van der Waals surface area contributed by atoms with Crippen molar-refractivity contribution in [3.05, 3.63) is 12.2 Å². The van der Waals surface area contributed by atoms with Gasteiger partial charge in [0, 0.05) is 26.2 Å². The molecule has 1 N–H and O–H groups in total. The Morgan fingerprint density at radius 2 is 1.93 bits per heavy atom. The van der Waals surface area contributed by atoms with Crippen LogP contribution < -0.4 is 0 Å². The van der Waals surface area contributed by atoms with Gasteiger partial charge in [0.2, 0.25) is 5.91 Å². The molecule has 0 aromatic rings. The summed E-state index contributed by atoms with van der Waals surface area (Å²) in [5.41, 5.74) is 0. The van der Waals surface area contributed by atoms with Crippen molar-refractivity contribution in [1.82, 2.24) is 4.90 Å². The SMILES string of the molecule is CCCCCC(C=CC1CCC(=O)N1CC(=O)CCCCC(=O)O)OC(C)=O. The summed E-state index contributed by atoms with van der Waals surface area (Å²) in [5.74, 6) is -1.31. The molecule has 158 valence electrons. The van der Waals surface area contributed by atoms with E-state index in [-0.39, 0.29) is 49.2 Å². The Balaban J connectivity index is 2.57. The molecule has 2 atom stereocenters. The zero-order valence-electron chi connectivity index (χ0n) is 17.0. The molecule has 0 bridgehead atoms. The minimum Gasteiger partial charge on any atom is -0.481 e. The van der Waals surface area contributed by atoms with E-state index < -0.39 is 5.97 Å². The second-order valence-electron chi connectivity index (χ2n) is 7.30. The summed E-state index contributed by atoms with van der Waals surface area (Å²) in [6, 6.07) is -0.167. The van der Waals surface area contributed by atoms with Gasteiger partial charge in [-0.15, -0.1) is 0 Å². The Kier molecular flexibility index (Phi) is 11.1. The average Bonchev–Trinajstić information content (AvgIpc) is 2.96. The molecule has 0 saturated carbocycles. The highest BCUT2D eigenvalue weighted by Gasteiger charge is 2.30. The lowest BCUT2D eigenvalue weighted by atomic mass is 10.1. The van der Waals surface area contributed by atoms with E-state index in [0.717, 1.165) is 25.7 Å². The highest BCUT2D eigenvalue weighted by molar-refractivity contribution is 5.87. The number of ether oxygens (including phenoxy) is 1. The number of ketones is 1. The third-order valence-corrected chi connectivity index (χ3v) is 4.78. The lowest BCUT2D eigenvalue weighted by molar-refractivity contribution is -0.144. The molecule has 2 unspecified atom stereocenters. The highest BCUT2D eigenvalue weighted by atomic mass is 16.5. The number of hydrogen-bond donors (Lipinski definition) is 1. The van der Waals surface area contributed by atoms with Crippen molar-refractivity contribution in [2.24, 2.45) is 0 Å². The summed E-state index contributed by atoms with van der Waals surface area (Å²) in [7, 11) is 0. The first kappa shape index (κ1) is 23.9. The molecule has 28 heavy (non-hydrogen) atoms. The van der Waals surface area contributed by atoms with Gasteiger partial charge in [-0.2, -0.15) is 0 Å². The smallest absolute Gasteiger partial charge is 0.303 e. The maximum Gasteiger partial charge on any atom is 0.303 e. The van der Waals surface area contributed by atoms with Gasteiger partial charge in [-0.05, 0) is 38.2 Å². The number of carbonyl (C=O) groups excluding carboxylic acids is 3. The van der Waals surface area contributed by atoms with Gasteiger partial charge in [0.15, 0.2) is 5.78 Å². The van der Waals surface area contributed by atoms with Gasteiger partial charge in [-0.3, -0.25) is 19.2 Å². The van der Waals surface area contributed by atoms with Crippen molar-refractivity contribution in [3.63, 3.8) is 0 Å². The third kappa shape index (κ3) is 9.67. The average molecular weight is 395 g/mol. The molecule has 7 nitrogen and oxygen atoms in total. The molecule has 0 aliphatic carbocycles. The molecule has 1 heterocycles. The number of nitrogens with zero attached hydrogens (tertiary/aromatic N) is 1. The van der Waals surface area contributed by atoms with E-state index in [1.54, 1.807) is 4.90 Å². The molecule has 0 spiro atoms. The van der Waals surface area contributed by atoms with Crippen LogP contribution in [0.5, 0.6) is 0 Å². The Labute approximate surface area is 167 Å². The topological polar surface area (TPSA) is 101 Å². The summed E-state index contributed by atoms with van der Waals surface area (Å²) in [5, 5.41) is 8.63. The van der Waals surface area contributed by atoms with E-state index in [0.29, 0.717) is 25.7 Å². The monoisotopic (exact) mass is 395 g/mol. The van der Waals surface area contributed by atoms with Crippen LogP contribution in [0.3, 0.4) is 0 Å². The summed E-state index contributed by atoms with van der Waals surface area (Å²) in [6.07, 6.45) is 9.59. The quantitative estimate of drug-likeness (QED) is 0.275. The Morgan fingerprint density at radius 3 is 2.57 bits per heavy atom. The molecular formula is C21H33NO6. The maximum absolute atomic E-state index is 12.2. The summed E-state index contributed by atoms with van der Waals surface area (Å²) < 4.78 is 5.34. The first-order valence-corrected chi connectivity index (χ1v) is 10.2. The summed E-state index contributed by atoms with van der Waals surface area (Å²) in [6.45, 7) is 3.54. The van der Waals surface area contributed by atoms with E-state index in [9.17, 15) is 19.2 Å². The molecule has 1 amide bonds. The number of likely N-dealkylation sites (tertiary alicyclic amines) is 1. The van der Waals surface area contributed by atoms with Crippen molar-refractivity contribution in [2.45, 2.75) is 90.2 Å². The standard InChI is InChI=1S/C21H33NO6/c1-3-4-5-9-19(28-16(2)23)13-11-17-12-14-20(25)22(17)15-18(24)8-6-7-10-21(26)27/h11,13,17,19H,3-10,12,14-15H2,1-2H3,(H,26,27). The van der Waals surface area contributed by atoms with Crippen LogP contribution >= 0.6 is 0 Å². The number of carbonyl (C=O) groups is 4. The number of carboxylic acids is 1. The predicted octanol–water partition coefficient (Wildman–Crippen LogP) is 3.26. The minimum atomic E-state index is -0.867. The highest BCUT2D eigenvalue weighted by Crippen LogP contribution is 2.21. The Hall–Kier alpha value is -2.18. The van der Waals surface area contributed by atoms with Crippen LogP contribution in [-0.4, -0.2) is 52.3 Å². The van der Waals surface area contributed by atoms with Crippen molar-refractivity contribution in [1.29, 1.82) is 0 Å². The summed E-state index contributed by atoms with van der Waals surface area (Å²) in [4.78, 5) is 47.7. The van der Waals surface area contributed by atoms with Crippen LogP contribution in [0.1, 0.15) is 78.1 Å². The largest absolute Gasteiger partial charge is 0.481 e. The zero-order valence-corrected chi connectivity index (χ0v) is 17.0. The second kappa shape index (κ2) is 13.1. The van der Waals surface area contributed by atoms with E-state index in [1.807, 2.05) is 12.2 Å². The van der Waals surface area contributed by atoms with E-state index in [2.05, 4.69) is 6.92 Å². The first-order chi connectivity index (χ1) is 13.3. The molecular weight excluding hydrogens is 362 g/mol. The van der Waals surface area contributed by atoms with Crippen LogP contribution in [-0.2, 0) is 23.9 Å². The Bertz CT molecular complexity index is 571. The van der Waals surface area contributed by atoms with Crippen molar-refractivity contribution < 1.29 is 29.0 Å². The number of rotatable bonds is 14. The molecule has 1 saturated heterocycles. The number of carboxylic acid groups (broad SMARTS) is 1. The van der Waals surface area contributed by atoms with Gasteiger partial charge >= 0.3 is 11.9 Å². The van der Waals surface area contributed by atoms with Gasteiger partial charge in [-0.25, -0.2) is 0 Å². The predicted molar refractivity (Wildman–Crippen MR) is 105 cm³/mol. The van der Waals surface area contributed by atoms with Crippen LogP contribution in [0.2, 0.25) is 0 Å². The zero-order chi connectivity index (χ0) is 20.9. The van der Waals surface area contributed by atoms with E-state index >= 15 is 0 Å². The maximum atomic E-state index is 12.2. The summed E-state index contributed by atoms with van der Waals surface area (Å²) >= 11 is 0. The molecule has 0 radical (unpaired) electrons. The van der Waals surface area contributed by atoms with Gasteiger partial charge in [0.05, 0.1) is 12.6 Å². The van der Waals surface area contributed by atoms with Gasteiger partial charge in [-0.1, -0.05) is 25.8 Å². The van der Waals surface area contributed by atoms with Crippen molar-refractivity contribution in [2.75, 3.05) is 6.54 Å². The normalized spacial score (nSPS) is 17.9. The van der Waals surface area contributed by atoms with Crippen molar-refractivity contribution >= 4 is 23.6 Å². The molecule has 1 rings (SSSR count). The number of Topliss-reactive ketones (excluding diaryl/α,β-unsaturated/α-hetero) is 1. The third-order valence-electron chi connectivity index (χ3n) is 4.78. The number of unbranched alkanes of at least 4 members (excludes halogenated alkanes) is 3. The second-order valence-corrected chi connectivity index (χ2v) is 7.30. The van der Waals surface area contributed by atoms with Crippen molar-refractivity contribution in [3.8, 4) is 0 Å². The van der Waals surface area contributed by atoms with Crippen LogP contribution in [0.25, 0.3) is 0 Å². The molecule has 1 aliphatic heterocycles. The molecule has 0 aromatic heterocycles. The molecule has 1 aliphatic rings. The van der Waals surface area contributed by atoms with E-state index in [1.165, 1.54) is 6.92 Å². The fourth-order valence-corrected chi connectivity index (χ4v) is 3.28. The van der Waals surface area contributed by atoms with Crippen LogP contribution in [0.4, 0.5) is 0 Å². The fourth-order valence-electron chi connectivity index (χ4n) is 3.28. The van der Waals surface area contributed by atoms with Gasteiger partial charge < -0.3 is 14.7 Å². The molecule has 7 heteroatoms. The number of aliphatic carboxylic acids is 1. The number of esters is 1. The minimum absolute atomic E-state index is 0.0506. The lowest BCUT2D eigenvalue weighted by Gasteiger charge is -2.22. The first-order valence-electron chi connectivity index (χ1n) is 10.2. The number of hydrogen-bond acceptors (Lipinski definition) is 5. The fraction of sp³-hybridized carbons (Fsp3) is 0.714. The molecule has 0 aromatic carbocycles. The molecule has 1 fully saturated rings. The van der Waals surface area contributed by atoms with Crippen LogP contribution in [0.15, 0.2) is 12.2 Å².